The van der Waals surface area contributed by atoms with E-state index in [4.69, 9.17) is 4.52 Å². The van der Waals surface area contributed by atoms with Gasteiger partial charge in [-0.25, -0.2) is 4.98 Å². The number of halogens is 3. The fourth-order valence-electron chi connectivity index (χ4n) is 3.09. The maximum atomic E-state index is 12.6. The van der Waals surface area contributed by atoms with Crippen LogP contribution in [0.5, 0.6) is 0 Å². The van der Waals surface area contributed by atoms with Crippen LogP contribution in [-0.2, 0) is 12.7 Å². The Morgan fingerprint density at radius 1 is 0.964 bits per heavy atom. The molecule has 0 bridgehead atoms. The highest BCUT2D eigenvalue weighted by Crippen LogP contribution is 2.29. The van der Waals surface area contributed by atoms with Crippen molar-refractivity contribution in [2.24, 2.45) is 0 Å². The summed E-state index contributed by atoms with van der Waals surface area (Å²) in [4.78, 5) is 12.5. The monoisotopic (exact) mass is 389 g/mol. The Morgan fingerprint density at radius 3 is 2.36 bits per heavy atom. The van der Waals surface area contributed by atoms with Crippen LogP contribution in [0.25, 0.3) is 11.4 Å². The Balaban J connectivity index is 1.33. The number of anilines is 1. The smallest absolute Gasteiger partial charge is 0.354 e. The summed E-state index contributed by atoms with van der Waals surface area (Å²) >= 11 is 0. The van der Waals surface area contributed by atoms with Crippen LogP contribution in [0, 0.1) is 0 Å². The predicted molar refractivity (Wildman–Crippen MR) is 96.5 cm³/mol. The molecule has 6 nitrogen and oxygen atoms in total. The first-order valence-electron chi connectivity index (χ1n) is 8.87. The fraction of sp³-hybridized carbons (Fsp3) is 0.316. The van der Waals surface area contributed by atoms with Crippen LogP contribution in [0.3, 0.4) is 0 Å². The molecule has 1 aliphatic heterocycles. The molecule has 0 amide bonds. The lowest BCUT2D eigenvalue weighted by atomic mass is 10.2. The molecule has 0 atom stereocenters. The van der Waals surface area contributed by atoms with E-state index in [0.717, 1.165) is 30.9 Å². The third-order valence-electron chi connectivity index (χ3n) is 4.63. The molecule has 1 fully saturated rings. The minimum absolute atomic E-state index is 0.536. The quantitative estimate of drug-likeness (QED) is 0.681. The summed E-state index contributed by atoms with van der Waals surface area (Å²) in [5.41, 5.74) is 0.163. The Bertz CT molecular complexity index is 903. The molecule has 0 unspecified atom stereocenters. The topological polar surface area (TPSA) is 58.3 Å². The summed E-state index contributed by atoms with van der Waals surface area (Å²) in [6.45, 7) is 3.32. The van der Waals surface area contributed by atoms with Gasteiger partial charge in [0.1, 0.15) is 5.82 Å². The molecule has 1 aliphatic rings. The number of nitrogens with zero attached hydrogens (tertiary/aromatic N) is 5. The lowest BCUT2D eigenvalue weighted by Crippen LogP contribution is -2.46. The predicted octanol–water partition coefficient (Wildman–Crippen LogP) is 3.47. The minimum Gasteiger partial charge on any atom is -0.354 e. The van der Waals surface area contributed by atoms with Gasteiger partial charge in [-0.05, 0) is 12.1 Å². The second-order valence-corrected chi connectivity index (χ2v) is 6.54. The summed E-state index contributed by atoms with van der Waals surface area (Å²) < 4.78 is 43.3. The average molecular weight is 389 g/mol. The van der Waals surface area contributed by atoms with Crippen molar-refractivity contribution in [2.75, 3.05) is 31.1 Å². The number of benzene rings is 1. The number of hydrogen-bond donors (Lipinski definition) is 0. The number of hydrogen-bond acceptors (Lipinski definition) is 6. The van der Waals surface area contributed by atoms with Crippen LogP contribution >= 0.6 is 0 Å². The Hall–Kier alpha value is -2.94. The molecule has 1 aromatic carbocycles. The molecule has 2 aromatic heterocycles. The van der Waals surface area contributed by atoms with Gasteiger partial charge in [-0.2, -0.15) is 18.2 Å². The first-order chi connectivity index (χ1) is 13.5. The molecule has 28 heavy (non-hydrogen) atoms. The van der Waals surface area contributed by atoms with Gasteiger partial charge < -0.3 is 9.42 Å². The van der Waals surface area contributed by atoms with Crippen molar-refractivity contribution in [3.05, 3.63) is 60.1 Å². The van der Waals surface area contributed by atoms with E-state index in [1.807, 2.05) is 35.2 Å². The van der Waals surface area contributed by atoms with Crippen molar-refractivity contribution in [3.63, 3.8) is 0 Å². The van der Waals surface area contributed by atoms with Crippen molar-refractivity contribution in [1.29, 1.82) is 0 Å². The zero-order valence-electron chi connectivity index (χ0n) is 14.9. The van der Waals surface area contributed by atoms with E-state index < -0.39 is 11.7 Å². The Labute approximate surface area is 159 Å². The average Bonchev–Trinajstić information content (AvgIpc) is 3.17. The summed E-state index contributed by atoms with van der Waals surface area (Å²) in [5.74, 6) is 1.65. The molecule has 0 spiro atoms. The molecular weight excluding hydrogens is 371 g/mol. The second-order valence-electron chi connectivity index (χ2n) is 6.54. The van der Waals surface area contributed by atoms with E-state index in [-0.39, 0.29) is 0 Å². The highest BCUT2D eigenvalue weighted by molar-refractivity contribution is 5.53. The second kappa shape index (κ2) is 7.59. The number of alkyl halides is 3. The Kier molecular flexibility index (Phi) is 4.99. The van der Waals surface area contributed by atoms with Crippen LogP contribution in [0.1, 0.15) is 11.5 Å². The number of rotatable bonds is 4. The first kappa shape index (κ1) is 18.4. The van der Waals surface area contributed by atoms with Gasteiger partial charge in [-0.15, -0.1) is 0 Å². The SMILES string of the molecule is FC(F)(F)c1ccc(N2CCN(Cc3nc(-c4ccccc4)no3)CC2)nc1. The van der Waals surface area contributed by atoms with Gasteiger partial charge in [0.25, 0.3) is 0 Å². The number of aromatic nitrogens is 3. The summed E-state index contributed by atoms with van der Waals surface area (Å²) in [6.07, 6.45) is -3.49. The van der Waals surface area contributed by atoms with E-state index in [1.165, 1.54) is 6.07 Å². The molecular formula is C19H18F3N5O. The third-order valence-corrected chi connectivity index (χ3v) is 4.63. The lowest BCUT2D eigenvalue weighted by molar-refractivity contribution is -0.137. The van der Waals surface area contributed by atoms with Crippen molar-refractivity contribution >= 4 is 5.82 Å². The summed E-state index contributed by atoms with van der Waals surface area (Å²) in [7, 11) is 0. The van der Waals surface area contributed by atoms with Crippen molar-refractivity contribution < 1.29 is 17.7 Å². The van der Waals surface area contributed by atoms with Gasteiger partial charge in [0, 0.05) is 37.9 Å². The van der Waals surface area contributed by atoms with Gasteiger partial charge in [-0.1, -0.05) is 35.5 Å². The van der Waals surface area contributed by atoms with Gasteiger partial charge in [0.05, 0.1) is 12.1 Å². The normalized spacial score (nSPS) is 15.8. The Morgan fingerprint density at radius 2 is 1.71 bits per heavy atom. The number of piperazine rings is 1. The summed E-state index contributed by atoms with van der Waals surface area (Å²) in [6, 6.07) is 12.1. The highest BCUT2D eigenvalue weighted by atomic mass is 19.4. The van der Waals surface area contributed by atoms with Crippen molar-refractivity contribution in [3.8, 4) is 11.4 Å². The molecule has 1 saturated heterocycles. The zero-order valence-corrected chi connectivity index (χ0v) is 14.9. The molecule has 4 rings (SSSR count). The lowest BCUT2D eigenvalue weighted by Gasteiger charge is -2.34. The van der Waals surface area contributed by atoms with Crippen molar-refractivity contribution in [2.45, 2.75) is 12.7 Å². The van der Waals surface area contributed by atoms with E-state index in [9.17, 15) is 13.2 Å². The fourth-order valence-corrected chi connectivity index (χ4v) is 3.09. The maximum absolute atomic E-state index is 12.6. The van der Waals surface area contributed by atoms with Crippen LogP contribution < -0.4 is 4.90 Å². The molecule has 0 saturated carbocycles. The molecule has 3 aromatic rings. The molecule has 0 N–H and O–H groups in total. The highest BCUT2D eigenvalue weighted by Gasteiger charge is 2.31. The molecule has 9 heteroatoms. The van der Waals surface area contributed by atoms with E-state index in [1.54, 1.807) is 0 Å². The summed E-state index contributed by atoms with van der Waals surface area (Å²) in [5, 5.41) is 4.02. The van der Waals surface area contributed by atoms with Gasteiger partial charge in [0.2, 0.25) is 11.7 Å². The van der Waals surface area contributed by atoms with Crippen LogP contribution in [-0.4, -0.2) is 46.2 Å². The van der Waals surface area contributed by atoms with Crippen LogP contribution in [0.4, 0.5) is 19.0 Å². The minimum atomic E-state index is -4.37. The standard InChI is InChI=1S/C19H18F3N5O/c20-19(21,22)15-6-7-16(23-12-15)27-10-8-26(9-11-27)13-17-24-18(25-28-17)14-4-2-1-3-5-14/h1-7,12H,8-11,13H2. The van der Waals surface area contributed by atoms with E-state index >= 15 is 0 Å². The molecule has 0 radical (unpaired) electrons. The largest absolute Gasteiger partial charge is 0.417 e. The van der Waals surface area contributed by atoms with E-state index in [2.05, 4.69) is 20.0 Å². The maximum Gasteiger partial charge on any atom is 0.417 e. The molecule has 146 valence electrons. The first-order valence-corrected chi connectivity index (χ1v) is 8.87. The van der Waals surface area contributed by atoms with Gasteiger partial charge in [-0.3, -0.25) is 4.90 Å². The zero-order chi connectivity index (χ0) is 19.6. The molecule has 3 heterocycles. The van der Waals surface area contributed by atoms with Crippen molar-refractivity contribution in [1.82, 2.24) is 20.0 Å². The van der Waals surface area contributed by atoms with E-state index in [0.29, 0.717) is 37.2 Å². The third kappa shape index (κ3) is 4.14. The van der Waals surface area contributed by atoms with Crippen LogP contribution in [0.15, 0.2) is 53.2 Å². The van der Waals surface area contributed by atoms with Gasteiger partial charge in [0.15, 0.2) is 0 Å². The van der Waals surface area contributed by atoms with Gasteiger partial charge >= 0.3 is 6.18 Å². The van der Waals surface area contributed by atoms with Crippen LogP contribution in [0.2, 0.25) is 0 Å². The number of pyridine rings is 1. The molecule has 0 aliphatic carbocycles.